The average Bonchev–Trinajstić information content (AvgIpc) is 2.76. The summed E-state index contributed by atoms with van der Waals surface area (Å²) in [6.45, 7) is 3.23. The van der Waals surface area contributed by atoms with Gasteiger partial charge in [-0.2, -0.15) is 5.10 Å². The molecule has 0 unspecified atom stereocenters. The smallest absolute Gasteiger partial charge is 0.0542 e. The summed E-state index contributed by atoms with van der Waals surface area (Å²) in [6.07, 6.45) is 4.03. The third-order valence-corrected chi connectivity index (χ3v) is 2.72. The summed E-state index contributed by atoms with van der Waals surface area (Å²) in [6, 6.07) is 2.02. The fourth-order valence-electron chi connectivity index (χ4n) is 1.68. The molecular weight excluding hydrogens is 152 g/mol. The minimum Gasteiger partial charge on any atom is -0.395 e. The molecule has 0 amide bonds. The Morgan fingerprint density at radius 2 is 2.42 bits per heavy atom. The van der Waals surface area contributed by atoms with Crippen LogP contribution in [0.1, 0.15) is 25.5 Å². The lowest BCUT2D eigenvalue weighted by molar-refractivity contribution is 0.248. The van der Waals surface area contributed by atoms with Crippen LogP contribution in [0.5, 0.6) is 0 Å². The Morgan fingerprint density at radius 3 is 2.92 bits per heavy atom. The van der Waals surface area contributed by atoms with E-state index in [-0.39, 0.29) is 12.0 Å². The summed E-state index contributed by atoms with van der Waals surface area (Å²) in [4.78, 5) is 0. The molecule has 1 heterocycles. The average molecular weight is 166 g/mol. The van der Waals surface area contributed by atoms with Crippen LogP contribution < -0.4 is 0 Å². The van der Waals surface area contributed by atoms with Crippen LogP contribution in [0.3, 0.4) is 0 Å². The lowest BCUT2D eigenvalue weighted by atomic mass is 10.0. The van der Waals surface area contributed by atoms with Crippen LogP contribution in [0.4, 0.5) is 0 Å². The third-order valence-electron chi connectivity index (χ3n) is 2.72. The molecule has 1 N–H and O–H groups in total. The van der Waals surface area contributed by atoms with E-state index in [1.165, 1.54) is 5.69 Å². The van der Waals surface area contributed by atoms with Gasteiger partial charge in [0.05, 0.1) is 6.61 Å². The van der Waals surface area contributed by atoms with Gasteiger partial charge in [-0.1, -0.05) is 0 Å². The van der Waals surface area contributed by atoms with Crippen LogP contribution in [0.15, 0.2) is 12.3 Å². The number of nitrogens with zero attached hydrogens (tertiary/aromatic N) is 2. The number of aryl methyl sites for hydroxylation is 1. The van der Waals surface area contributed by atoms with E-state index < -0.39 is 0 Å². The lowest BCUT2D eigenvalue weighted by Crippen LogP contribution is -2.17. The number of aliphatic hydroxyl groups is 1. The van der Waals surface area contributed by atoms with Gasteiger partial charge in [0.1, 0.15) is 0 Å². The van der Waals surface area contributed by atoms with Gasteiger partial charge < -0.3 is 5.11 Å². The summed E-state index contributed by atoms with van der Waals surface area (Å²) in [7, 11) is 0. The first-order valence-electron chi connectivity index (χ1n) is 4.45. The molecule has 0 aliphatic heterocycles. The number of aromatic nitrogens is 2. The molecule has 0 saturated heterocycles. The van der Waals surface area contributed by atoms with E-state index in [1.807, 2.05) is 16.9 Å². The van der Waals surface area contributed by atoms with Gasteiger partial charge in [-0.15, -0.1) is 0 Å². The second-order valence-electron chi connectivity index (χ2n) is 3.47. The topological polar surface area (TPSA) is 38.0 Å². The molecule has 66 valence electrons. The SMILES string of the molecule is CCn1nccc1C1(CO)CC1. The fourth-order valence-corrected chi connectivity index (χ4v) is 1.68. The van der Waals surface area contributed by atoms with Crippen molar-refractivity contribution >= 4 is 0 Å². The van der Waals surface area contributed by atoms with Crippen LogP contribution in [0.25, 0.3) is 0 Å². The molecule has 1 aliphatic carbocycles. The summed E-state index contributed by atoms with van der Waals surface area (Å²) >= 11 is 0. The normalized spacial score (nSPS) is 19.5. The zero-order valence-corrected chi connectivity index (χ0v) is 7.32. The Labute approximate surface area is 72.0 Å². The maximum absolute atomic E-state index is 9.21. The second-order valence-corrected chi connectivity index (χ2v) is 3.47. The van der Waals surface area contributed by atoms with E-state index in [1.54, 1.807) is 0 Å². The first-order chi connectivity index (χ1) is 5.82. The van der Waals surface area contributed by atoms with Crippen LogP contribution in [-0.2, 0) is 12.0 Å². The van der Waals surface area contributed by atoms with Gasteiger partial charge in [-0.3, -0.25) is 4.68 Å². The van der Waals surface area contributed by atoms with Crippen molar-refractivity contribution in [2.45, 2.75) is 31.7 Å². The van der Waals surface area contributed by atoms with E-state index >= 15 is 0 Å². The van der Waals surface area contributed by atoms with E-state index in [9.17, 15) is 5.11 Å². The molecule has 1 saturated carbocycles. The van der Waals surface area contributed by atoms with Crippen LogP contribution in [0.2, 0.25) is 0 Å². The van der Waals surface area contributed by atoms with Crippen LogP contribution in [-0.4, -0.2) is 21.5 Å². The Balaban J connectivity index is 2.32. The molecule has 3 nitrogen and oxygen atoms in total. The summed E-state index contributed by atoms with van der Waals surface area (Å²) in [5.74, 6) is 0. The molecule has 1 aliphatic rings. The summed E-state index contributed by atoms with van der Waals surface area (Å²) < 4.78 is 1.98. The van der Waals surface area contributed by atoms with E-state index in [0.29, 0.717) is 0 Å². The maximum Gasteiger partial charge on any atom is 0.0542 e. The van der Waals surface area contributed by atoms with Gasteiger partial charge in [0.15, 0.2) is 0 Å². The Morgan fingerprint density at radius 1 is 1.67 bits per heavy atom. The third kappa shape index (κ3) is 0.966. The highest BCUT2D eigenvalue weighted by molar-refractivity contribution is 5.24. The molecule has 12 heavy (non-hydrogen) atoms. The lowest BCUT2D eigenvalue weighted by Gasteiger charge is -2.12. The number of hydrogen-bond acceptors (Lipinski definition) is 2. The van der Waals surface area contributed by atoms with Gasteiger partial charge in [0.2, 0.25) is 0 Å². The molecule has 0 spiro atoms. The van der Waals surface area contributed by atoms with Gasteiger partial charge in [0, 0.05) is 23.9 Å². The number of hydrogen-bond donors (Lipinski definition) is 1. The minimum atomic E-state index is 0.0620. The summed E-state index contributed by atoms with van der Waals surface area (Å²) in [5.41, 5.74) is 1.26. The molecule has 0 atom stereocenters. The van der Waals surface area contributed by atoms with Crippen molar-refractivity contribution < 1.29 is 5.11 Å². The zero-order valence-electron chi connectivity index (χ0n) is 7.32. The van der Waals surface area contributed by atoms with Gasteiger partial charge in [-0.25, -0.2) is 0 Å². The molecule has 1 aromatic heterocycles. The van der Waals surface area contributed by atoms with Gasteiger partial charge in [0.25, 0.3) is 0 Å². The van der Waals surface area contributed by atoms with Crippen molar-refractivity contribution in [3.05, 3.63) is 18.0 Å². The fraction of sp³-hybridized carbons (Fsp3) is 0.667. The molecule has 1 aromatic rings. The van der Waals surface area contributed by atoms with Crippen molar-refractivity contribution in [3.8, 4) is 0 Å². The van der Waals surface area contributed by atoms with Crippen molar-refractivity contribution in [3.63, 3.8) is 0 Å². The molecule has 0 bridgehead atoms. The van der Waals surface area contributed by atoms with Crippen LogP contribution in [0, 0.1) is 0 Å². The quantitative estimate of drug-likeness (QED) is 0.725. The van der Waals surface area contributed by atoms with Crippen molar-refractivity contribution in [1.82, 2.24) is 9.78 Å². The van der Waals surface area contributed by atoms with Crippen LogP contribution >= 0.6 is 0 Å². The zero-order chi connectivity index (χ0) is 8.60. The monoisotopic (exact) mass is 166 g/mol. The molecule has 1 fully saturated rings. The minimum absolute atomic E-state index is 0.0620. The molecule has 3 heteroatoms. The second kappa shape index (κ2) is 2.59. The number of aliphatic hydroxyl groups excluding tert-OH is 1. The predicted octanol–water partition coefficient (Wildman–Crippen LogP) is 0.927. The van der Waals surface area contributed by atoms with E-state index in [0.717, 1.165) is 19.4 Å². The Bertz CT molecular complexity index is 276. The highest BCUT2D eigenvalue weighted by atomic mass is 16.3. The molecule has 0 aromatic carbocycles. The van der Waals surface area contributed by atoms with Crippen molar-refractivity contribution in [2.24, 2.45) is 0 Å². The largest absolute Gasteiger partial charge is 0.395 e. The predicted molar refractivity (Wildman–Crippen MR) is 45.9 cm³/mol. The molecular formula is C9H14N2O. The standard InChI is InChI=1S/C9H14N2O/c1-2-11-8(3-6-10-11)9(7-12)4-5-9/h3,6,12H,2,4-5,7H2,1H3. The van der Waals surface area contributed by atoms with Gasteiger partial charge in [-0.05, 0) is 25.8 Å². The highest BCUT2D eigenvalue weighted by Crippen LogP contribution is 2.47. The van der Waals surface area contributed by atoms with E-state index in [2.05, 4.69) is 12.0 Å². The van der Waals surface area contributed by atoms with E-state index in [4.69, 9.17) is 0 Å². The Kier molecular flexibility index (Phi) is 1.68. The number of rotatable bonds is 3. The van der Waals surface area contributed by atoms with Crippen molar-refractivity contribution in [1.29, 1.82) is 0 Å². The Hall–Kier alpha value is -0.830. The highest BCUT2D eigenvalue weighted by Gasteiger charge is 2.45. The van der Waals surface area contributed by atoms with Crippen molar-refractivity contribution in [2.75, 3.05) is 6.61 Å². The summed E-state index contributed by atoms with van der Waals surface area (Å²) in [5, 5.41) is 13.4. The first kappa shape index (κ1) is 7.80. The molecule has 2 rings (SSSR count). The maximum atomic E-state index is 9.21. The molecule has 0 radical (unpaired) electrons. The van der Waals surface area contributed by atoms with Gasteiger partial charge >= 0.3 is 0 Å². The first-order valence-corrected chi connectivity index (χ1v) is 4.45.